The Labute approximate surface area is 161 Å². The van der Waals surface area contributed by atoms with Crippen molar-refractivity contribution in [2.45, 2.75) is 18.8 Å². The maximum atomic E-state index is 12.5. The first-order valence-electron chi connectivity index (χ1n) is 8.90. The third-order valence-electron chi connectivity index (χ3n) is 4.67. The van der Waals surface area contributed by atoms with E-state index in [2.05, 4.69) is 25.8 Å². The number of hydrogen-bond acceptors (Lipinski definition) is 6. The summed E-state index contributed by atoms with van der Waals surface area (Å²) in [6, 6.07) is 9.29. The van der Waals surface area contributed by atoms with Gasteiger partial charge in [-0.2, -0.15) is 5.10 Å². The molecule has 8 heteroatoms. The summed E-state index contributed by atoms with van der Waals surface area (Å²) >= 11 is 1.55. The summed E-state index contributed by atoms with van der Waals surface area (Å²) in [5.41, 5.74) is 1.96. The predicted molar refractivity (Wildman–Crippen MR) is 105 cm³/mol. The van der Waals surface area contributed by atoms with Gasteiger partial charge in [0, 0.05) is 16.6 Å². The zero-order valence-electron chi connectivity index (χ0n) is 15.0. The van der Waals surface area contributed by atoms with E-state index >= 15 is 0 Å². The van der Waals surface area contributed by atoms with Crippen LogP contribution in [0, 0.1) is 0 Å². The molecule has 1 saturated heterocycles. The van der Waals surface area contributed by atoms with Crippen LogP contribution in [0.3, 0.4) is 0 Å². The molecular formula is C19H21N5O2S. The Morgan fingerprint density at radius 2 is 2.15 bits per heavy atom. The number of H-pyrrole nitrogens is 1. The minimum Gasteiger partial charge on any atom is -0.497 e. The SMILES string of the molecule is COc1cccc(-c2cc(C(=O)Nc3ncc(C4CCNCC4)s3)[nH]n2)c1. The van der Waals surface area contributed by atoms with Gasteiger partial charge in [0.05, 0.1) is 12.8 Å². The molecule has 0 bridgehead atoms. The van der Waals surface area contributed by atoms with Crippen molar-refractivity contribution in [3.05, 3.63) is 47.1 Å². The molecule has 3 heterocycles. The maximum absolute atomic E-state index is 12.5. The van der Waals surface area contributed by atoms with Gasteiger partial charge in [-0.3, -0.25) is 15.2 Å². The second-order valence-corrected chi connectivity index (χ2v) is 7.51. The first kappa shape index (κ1) is 17.7. The predicted octanol–water partition coefficient (Wildman–Crippen LogP) is 3.26. The van der Waals surface area contributed by atoms with Crippen LogP contribution >= 0.6 is 11.3 Å². The minimum atomic E-state index is -0.247. The van der Waals surface area contributed by atoms with E-state index in [0.29, 0.717) is 22.4 Å². The zero-order chi connectivity index (χ0) is 18.6. The highest BCUT2D eigenvalue weighted by Gasteiger charge is 2.19. The van der Waals surface area contributed by atoms with Gasteiger partial charge in [0.1, 0.15) is 11.4 Å². The Balaban J connectivity index is 1.44. The number of rotatable bonds is 5. The van der Waals surface area contributed by atoms with E-state index in [1.807, 2.05) is 30.5 Å². The number of methoxy groups -OCH3 is 1. The molecule has 3 aromatic rings. The number of carbonyl (C=O) groups is 1. The molecule has 3 N–H and O–H groups in total. The number of hydrogen-bond donors (Lipinski definition) is 3. The summed E-state index contributed by atoms with van der Waals surface area (Å²) in [5, 5.41) is 13.9. The number of nitrogens with zero attached hydrogens (tertiary/aromatic N) is 2. The summed E-state index contributed by atoms with van der Waals surface area (Å²) in [6.45, 7) is 2.07. The molecule has 4 rings (SSSR count). The van der Waals surface area contributed by atoms with Gasteiger partial charge < -0.3 is 10.1 Å². The number of thiazole rings is 1. The van der Waals surface area contributed by atoms with Gasteiger partial charge in [0.15, 0.2) is 5.13 Å². The fourth-order valence-electron chi connectivity index (χ4n) is 3.17. The van der Waals surface area contributed by atoms with Gasteiger partial charge in [0.25, 0.3) is 5.91 Å². The lowest BCUT2D eigenvalue weighted by atomic mass is 9.97. The lowest BCUT2D eigenvalue weighted by molar-refractivity contribution is 0.102. The van der Waals surface area contributed by atoms with Crippen LogP contribution in [0.2, 0.25) is 0 Å². The monoisotopic (exact) mass is 383 g/mol. The topological polar surface area (TPSA) is 91.9 Å². The first-order valence-corrected chi connectivity index (χ1v) is 9.72. The molecule has 140 valence electrons. The summed E-state index contributed by atoms with van der Waals surface area (Å²) in [4.78, 5) is 18.1. The van der Waals surface area contributed by atoms with Gasteiger partial charge in [0.2, 0.25) is 0 Å². The fraction of sp³-hybridized carbons (Fsp3) is 0.316. The molecule has 1 aromatic carbocycles. The first-order chi connectivity index (χ1) is 13.2. The van der Waals surface area contributed by atoms with E-state index in [1.165, 1.54) is 4.88 Å². The largest absolute Gasteiger partial charge is 0.497 e. The molecule has 0 aliphatic carbocycles. The Bertz CT molecular complexity index is 930. The summed E-state index contributed by atoms with van der Waals surface area (Å²) < 4.78 is 5.23. The molecule has 27 heavy (non-hydrogen) atoms. The van der Waals surface area contributed by atoms with Crippen molar-refractivity contribution in [1.29, 1.82) is 0 Å². The number of aromatic amines is 1. The number of ether oxygens (including phenoxy) is 1. The van der Waals surface area contributed by atoms with Crippen LogP contribution in [-0.4, -0.2) is 41.3 Å². The highest BCUT2D eigenvalue weighted by Crippen LogP contribution is 2.32. The van der Waals surface area contributed by atoms with E-state index in [-0.39, 0.29) is 5.91 Å². The van der Waals surface area contributed by atoms with Gasteiger partial charge in [-0.1, -0.05) is 12.1 Å². The number of nitrogens with one attached hydrogen (secondary N) is 3. The van der Waals surface area contributed by atoms with Gasteiger partial charge in [-0.15, -0.1) is 11.3 Å². The smallest absolute Gasteiger partial charge is 0.275 e. The third-order valence-corrected chi connectivity index (χ3v) is 5.75. The van der Waals surface area contributed by atoms with Crippen LogP contribution < -0.4 is 15.4 Å². The summed E-state index contributed by atoms with van der Waals surface area (Å²) in [5.74, 6) is 1.03. The number of carbonyl (C=O) groups excluding carboxylic acids is 1. The number of amides is 1. The lowest BCUT2D eigenvalue weighted by Crippen LogP contribution is -2.26. The van der Waals surface area contributed by atoms with E-state index in [1.54, 1.807) is 24.5 Å². The Morgan fingerprint density at radius 3 is 2.96 bits per heavy atom. The van der Waals surface area contributed by atoms with Crippen LogP contribution in [0.25, 0.3) is 11.3 Å². The van der Waals surface area contributed by atoms with Crippen LogP contribution in [-0.2, 0) is 0 Å². The lowest BCUT2D eigenvalue weighted by Gasteiger charge is -2.20. The molecule has 2 aromatic heterocycles. The van der Waals surface area contributed by atoms with E-state index in [0.717, 1.165) is 37.2 Å². The zero-order valence-corrected chi connectivity index (χ0v) is 15.8. The van der Waals surface area contributed by atoms with Crippen molar-refractivity contribution in [3.8, 4) is 17.0 Å². The highest BCUT2D eigenvalue weighted by molar-refractivity contribution is 7.15. The average Bonchev–Trinajstić information content (AvgIpc) is 3.39. The fourth-order valence-corrected chi connectivity index (χ4v) is 4.15. The molecule has 1 aliphatic rings. The van der Waals surface area contributed by atoms with E-state index in [4.69, 9.17) is 4.74 Å². The maximum Gasteiger partial charge on any atom is 0.275 e. The van der Waals surface area contributed by atoms with Crippen LogP contribution in [0.15, 0.2) is 36.5 Å². The Morgan fingerprint density at radius 1 is 1.30 bits per heavy atom. The molecular weight excluding hydrogens is 362 g/mol. The van der Waals surface area contributed by atoms with E-state index < -0.39 is 0 Å². The Hall–Kier alpha value is -2.71. The highest BCUT2D eigenvalue weighted by atomic mass is 32.1. The van der Waals surface area contributed by atoms with Crippen LogP contribution in [0.5, 0.6) is 5.75 Å². The normalized spacial score (nSPS) is 14.9. The van der Waals surface area contributed by atoms with Crippen molar-refractivity contribution in [3.63, 3.8) is 0 Å². The molecule has 1 amide bonds. The molecule has 0 unspecified atom stereocenters. The van der Waals surface area contributed by atoms with E-state index in [9.17, 15) is 4.79 Å². The van der Waals surface area contributed by atoms with Crippen molar-refractivity contribution in [2.24, 2.45) is 0 Å². The number of anilines is 1. The number of piperidine rings is 1. The quantitative estimate of drug-likeness (QED) is 0.629. The second-order valence-electron chi connectivity index (χ2n) is 6.44. The second kappa shape index (κ2) is 7.89. The van der Waals surface area contributed by atoms with Crippen molar-refractivity contribution in [1.82, 2.24) is 20.5 Å². The standard InChI is InChI=1S/C19H21N5O2S/c1-26-14-4-2-3-13(9-14)15-10-16(24-23-15)18(25)22-19-21-11-17(27-19)12-5-7-20-8-6-12/h2-4,9-12,20H,5-8H2,1H3,(H,23,24)(H,21,22,25). The summed E-state index contributed by atoms with van der Waals surface area (Å²) in [6.07, 6.45) is 4.10. The number of benzene rings is 1. The van der Waals surface area contributed by atoms with Crippen LogP contribution in [0.4, 0.5) is 5.13 Å². The molecule has 7 nitrogen and oxygen atoms in total. The van der Waals surface area contributed by atoms with Gasteiger partial charge >= 0.3 is 0 Å². The minimum absolute atomic E-state index is 0.247. The molecule has 0 radical (unpaired) electrons. The Kier molecular flexibility index (Phi) is 5.17. The van der Waals surface area contributed by atoms with Gasteiger partial charge in [-0.25, -0.2) is 4.98 Å². The molecule has 1 fully saturated rings. The van der Waals surface area contributed by atoms with Crippen molar-refractivity contribution in [2.75, 3.05) is 25.5 Å². The third kappa shape index (κ3) is 4.01. The molecule has 0 saturated carbocycles. The number of aromatic nitrogens is 3. The molecule has 0 spiro atoms. The molecule has 1 aliphatic heterocycles. The van der Waals surface area contributed by atoms with Crippen molar-refractivity contribution >= 4 is 22.4 Å². The van der Waals surface area contributed by atoms with Gasteiger partial charge in [-0.05, 0) is 50.0 Å². The van der Waals surface area contributed by atoms with Crippen molar-refractivity contribution < 1.29 is 9.53 Å². The van der Waals surface area contributed by atoms with Crippen LogP contribution in [0.1, 0.15) is 34.1 Å². The summed E-state index contributed by atoms with van der Waals surface area (Å²) in [7, 11) is 1.62. The average molecular weight is 383 g/mol. The molecule has 0 atom stereocenters.